The Morgan fingerprint density at radius 3 is 1.20 bits per heavy atom. The molecule has 6 heteroatoms. The fraction of sp³-hybridized carbons (Fsp3) is 1.00. The molecule has 0 unspecified atom stereocenters. The summed E-state index contributed by atoms with van der Waals surface area (Å²) in [5.74, 6) is 0. The molecule has 3 saturated carbocycles. The second-order valence-electron chi connectivity index (χ2n) is 10.7. The Hall–Kier alpha value is 1.72. The predicted molar refractivity (Wildman–Crippen MR) is 141 cm³/mol. The monoisotopic (exact) mass is 582 g/mol. The van der Waals surface area contributed by atoms with Gasteiger partial charge in [-0.05, 0) is 0 Å². The Labute approximate surface area is 199 Å². The average molecular weight is 581 g/mol. The molecule has 3 fully saturated rings. The molecule has 0 heterocycles. The molecule has 0 radical (unpaired) electrons. The van der Waals surface area contributed by atoms with Crippen molar-refractivity contribution in [2.75, 3.05) is 0 Å². The summed E-state index contributed by atoms with van der Waals surface area (Å²) in [4.78, 5) is 0. The summed E-state index contributed by atoms with van der Waals surface area (Å²) in [7, 11) is 2.31. The van der Waals surface area contributed by atoms with Gasteiger partial charge in [0.2, 0.25) is 0 Å². The molecular formula is C24H47O2PS2Sn. The van der Waals surface area contributed by atoms with E-state index in [0.29, 0.717) is 0 Å². The minimum atomic E-state index is -2.79. The van der Waals surface area contributed by atoms with Gasteiger partial charge in [0.25, 0.3) is 0 Å². The van der Waals surface area contributed by atoms with Crippen molar-refractivity contribution >= 4 is 43.1 Å². The molecule has 3 aliphatic carbocycles. The standard InChI is InChI=1S/C6H15O2PS2.3C6H11.Sn/c1-5(2)7-9(10,11)8-6(3)4;3*1-2-4-6-5-3-1;/h5-6H,1-4H3,(H,10,11);3*1H,2-6H2;/q;;;;+1/p-1. The van der Waals surface area contributed by atoms with Gasteiger partial charge in [0.05, 0.1) is 0 Å². The first-order chi connectivity index (χ1) is 14.4. The van der Waals surface area contributed by atoms with Gasteiger partial charge >= 0.3 is 200 Å². The third-order valence-corrected chi connectivity index (χ3v) is 53.2. The fourth-order valence-electron chi connectivity index (χ4n) is 6.66. The Morgan fingerprint density at radius 2 is 0.933 bits per heavy atom. The van der Waals surface area contributed by atoms with E-state index < -0.39 is 22.7 Å². The molecule has 2 nitrogen and oxygen atoms in total. The van der Waals surface area contributed by atoms with Gasteiger partial charge < -0.3 is 0 Å². The molecule has 0 aromatic rings. The molecule has 0 atom stereocenters. The topological polar surface area (TPSA) is 18.5 Å². The molecule has 30 heavy (non-hydrogen) atoms. The molecule has 0 amide bonds. The van der Waals surface area contributed by atoms with Crippen LogP contribution in [0.1, 0.15) is 124 Å². The second kappa shape index (κ2) is 12.4. The third kappa shape index (κ3) is 6.87. The quantitative estimate of drug-likeness (QED) is 0.199. The van der Waals surface area contributed by atoms with Gasteiger partial charge in [-0.3, -0.25) is 0 Å². The van der Waals surface area contributed by atoms with E-state index in [1.165, 1.54) is 96.3 Å². The van der Waals surface area contributed by atoms with Crippen LogP contribution < -0.4 is 0 Å². The van der Waals surface area contributed by atoms with E-state index in [-0.39, 0.29) is 12.2 Å². The van der Waals surface area contributed by atoms with Crippen molar-refractivity contribution in [3.63, 3.8) is 0 Å². The van der Waals surface area contributed by atoms with Crippen molar-refractivity contribution < 1.29 is 9.05 Å². The summed E-state index contributed by atoms with van der Waals surface area (Å²) in [5, 5.41) is 0. The van der Waals surface area contributed by atoms with Gasteiger partial charge in [0.1, 0.15) is 0 Å². The van der Waals surface area contributed by atoms with E-state index in [2.05, 4.69) is 36.3 Å². The Kier molecular flexibility index (Phi) is 10.9. The second-order valence-corrected chi connectivity index (χ2v) is 37.6. The van der Waals surface area contributed by atoms with Crippen molar-refractivity contribution in [2.24, 2.45) is 0 Å². The van der Waals surface area contributed by atoms with Gasteiger partial charge in [-0.25, -0.2) is 0 Å². The maximum atomic E-state index is 6.60. The van der Waals surface area contributed by atoms with Crippen LogP contribution in [0.4, 0.5) is 0 Å². The van der Waals surface area contributed by atoms with Crippen molar-refractivity contribution in [1.82, 2.24) is 0 Å². The molecule has 0 aliphatic heterocycles. The average Bonchev–Trinajstić information content (AvgIpc) is 2.73. The van der Waals surface area contributed by atoms with E-state index in [4.69, 9.17) is 20.9 Å². The van der Waals surface area contributed by atoms with Crippen molar-refractivity contribution in [3.8, 4) is 0 Å². The molecule has 0 aromatic heterocycles. The molecule has 3 aliphatic rings. The molecule has 0 saturated heterocycles. The summed E-state index contributed by atoms with van der Waals surface area (Å²) >= 11 is 3.60. The fourth-order valence-corrected chi connectivity index (χ4v) is 66.6. The number of hydrogen-bond acceptors (Lipinski definition) is 4. The van der Waals surface area contributed by atoms with Crippen LogP contribution in [0, 0.1) is 0 Å². The summed E-state index contributed by atoms with van der Waals surface area (Å²) in [6.07, 6.45) is 22.4. The Balaban J connectivity index is 2.03. The summed E-state index contributed by atoms with van der Waals surface area (Å²) < 4.78 is 16.2. The minimum absolute atomic E-state index is 0.162. The van der Waals surface area contributed by atoms with Gasteiger partial charge in [-0.1, -0.05) is 0 Å². The molecular weight excluding hydrogens is 534 g/mol. The van der Waals surface area contributed by atoms with E-state index in [1.54, 1.807) is 0 Å². The van der Waals surface area contributed by atoms with Gasteiger partial charge in [-0.2, -0.15) is 0 Å². The first-order valence-corrected chi connectivity index (χ1v) is 25.5. The van der Waals surface area contributed by atoms with Gasteiger partial charge in [0, 0.05) is 0 Å². The van der Waals surface area contributed by atoms with Crippen LogP contribution in [-0.4, -0.2) is 29.2 Å². The van der Waals surface area contributed by atoms with Crippen LogP contribution >= 0.6 is 14.3 Å². The molecule has 176 valence electrons. The van der Waals surface area contributed by atoms with Crippen LogP contribution in [0.3, 0.4) is 0 Å². The molecule has 3 rings (SSSR count). The van der Waals surface area contributed by atoms with Gasteiger partial charge in [-0.15, -0.1) is 0 Å². The molecule has 0 N–H and O–H groups in total. The molecule has 0 spiro atoms. The predicted octanol–water partition coefficient (Wildman–Crippen LogP) is 9.74. The maximum absolute atomic E-state index is 6.60. The van der Waals surface area contributed by atoms with Crippen LogP contribution in [0.5, 0.6) is 0 Å². The van der Waals surface area contributed by atoms with Crippen LogP contribution in [0.25, 0.3) is 0 Å². The zero-order chi connectivity index (χ0) is 21.6. The van der Waals surface area contributed by atoms with Gasteiger partial charge in [0.15, 0.2) is 0 Å². The van der Waals surface area contributed by atoms with E-state index >= 15 is 0 Å². The van der Waals surface area contributed by atoms with E-state index in [0.717, 1.165) is 11.8 Å². The van der Waals surface area contributed by atoms with Crippen molar-refractivity contribution in [3.05, 3.63) is 0 Å². The summed E-state index contributed by atoms with van der Waals surface area (Å²) in [6.45, 7) is 8.63. The summed E-state index contributed by atoms with van der Waals surface area (Å²) in [5.41, 5.74) is -2.31. The summed E-state index contributed by atoms with van der Waals surface area (Å²) in [6, 6.07) is 0. The Bertz CT molecular complexity index is 494. The zero-order valence-electron chi connectivity index (χ0n) is 20.1. The first kappa shape index (κ1) is 26.3. The normalized spacial score (nSPS) is 24.1. The van der Waals surface area contributed by atoms with Crippen molar-refractivity contribution in [2.45, 2.75) is 148 Å². The van der Waals surface area contributed by atoms with E-state index in [1.807, 2.05) is 0 Å². The SMILES string of the molecule is CC(C)OP(=S)(OC(C)C)[S][Sn]([CH]1CCCCC1)([CH]1CCCCC1)[CH]1CCCCC1. The third-order valence-electron chi connectivity index (χ3n) is 7.68. The van der Waals surface area contributed by atoms with Crippen LogP contribution in [0.15, 0.2) is 0 Å². The first-order valence-electron chi connectivity index (χ1n) is 13.0. The van der Waals surface area contributed by atoms with Crippen molar-refractivity contribution in [1.29, 1.82) is 0 Å². The number of rotatable bonds is 9. The van der Waals surface area contributed by atoms with Crippen LogP contribution in [0.2, 0.25) is 11.8 Å². The molecule has 0 bridgehead atoms. The number of hydrogen-bond donors (Lipinski definition) is 0. The van der Waals surface area contributed by atoms with E-state index in [9.17, 15) is 0 Å². The van der Waals surface area contributed by atoms with Crippen LogP contribution in [-0.2, 0) is 20.9 Å². The zero-order valence-corrected chi connectivity index (χ0v) is 25.5. The molecule has 0 aromatic carbocycles. The Morgan fingerprint density at radius 1 is 0.633 bits per heavy atom.